The van der Waals surface area contributed by atoms with Crippen molar-refractivity contribution >= 4 is 11.0 Å². The number of aryl methyl sites for hydroxylation is 1. The fraction of sp³-hybridized carbons (Fsp3) is 0.105. The van der Waals surface area contributed by atoms with Gasteiger partial charge in [0.25, 0.3) is 0 Å². The van der Waals surface area contributed by atoms with Crippen molar-refractivity contribution in [2.75, 3.05) is 0 Å². The molecule has 0 bridgehead atoms. The Morgan fingerprint density at radius 1 is 1.05 bits per heavy atom. The van der Waals surface area contributed by atoms with E-state index in [1.807, 2.05) is 18.2 Å². The van der Waals surface area contributed by atoms with Crippen LogP contribution < -0.4 is 0 Å². The number of pyridine rings is 1. The molecular formula is C19H16N2O. The molecule has 0 aliphatic heterocycles. The van der Waals surface area contributed by atoms with Crippen LogP contribution in [0.1, 0.15) is 11.1 Å². The zero-order valence-corrected chi connectivity index (χ0v) is 12.4. The Balaban J connectivity index is 1.82. The maximum absolute atomic E-state index is 5.17. The van der Waals surface area contributed by atoms with Crippen molar-refractivity contribution in [3.8, 4) is 11.3 Å². The molecule has 0 saturated heterocycles. The third kappa shape index (κ3) is 2.21. The van der Waals surface area contributed by atoms with Gasteiger partial charge in [0, 0.05) is 23.7 Å². The highest BCUT2D eigenvalue weighted by Crippen LogP contribution is 2.25. The predicted molar refractivity (Wildman–Crippen MR) is 87.7 cm³/mol. The molecule has 3 aromatic heterocycles. The van der Waals surface area contributed by atoms with Crippen molar-refractivity contribution < 1.29 is 4.42 Å². The first-order chi connectivity index (χ1) is 10.8. The highest BCUT2D eigenvalue weighted by Gasteiger charge is 2.10. The molecule has 3 heteroatoms. The molecule has 0 unspecified atom stereocenters. The second-order valence-electron chi connectivity index (χ2n) is 5.51. The molecule has 0 radical (unpaired) electrons. The van der Waals surface area contributed by atoms with Gasteiger partial charge in [-0.3, -0.25) is 0 Å². The minimum Gasteiger partial charge on any atom is -0.472 e. The van der Waals surface area contributed by atoms with E-state index in [0.29, 0.717) is 0 Å². The summed E-state index contributed by atoms with van der Waals surface area (Å²) >= 11 is 0. The van der Waals surface area contributed by atoms with Gasteiger partial charge in [0.1, 0.15) is 5.65 Å². The number of nitrogens with zero attached hydrogens (tertiary/aromatic N) is 2. The lowest BCUT2D eigenvalue weighted by Gasteiger charge is -2.06. The summed E-state index contributed by atoms with van der Waals surface area (Å²) < 4.78 is 7.38. The number of rotatable bonds is 3. The summed E-state index contributed by atoms with van der Waals surface area (Å²) in [6, 6.07) is 16.6. The topological polar surface area (TPSA) is 31.0 Å². The van der Waals surface area contributed by atoms with E-state index in [-0.39, 0.29) is 0 Å². The largest absolute Gasteiger partial charge is 0.472 e. The van der Waals surface area contributed by atoms with E-state index >= 15 is 0 Å². The molecule has 0 aliphatic carbocycles. The van der Waals surface area contributed by atoms with E-state index in [4.69, 9.17) is 9.40 Å². The summed E-state index contributed by atoms with van der Waals surface area (Å²) in [5.74, 6) is 0. The predicted octanol–water partition coefficient (Wildman–Crippen LogP) is 4.65. The summed E-state index contributed by atoms with van der Waals surface area (Å²) in [6.45, 7) is 2.95. The number of hydrogen-bond donors (Lipinski definition) is 0. The Morgan fingerprint density at radius 3 is 2.68 bits per heavy atom. The first-order valence-electron chi connectivity index (χ1n) is 7.34. The van der Waals surface area contributed by atoms with Crippen LogP contribution in [0.5, 0.6) is 0 Å². The lowest BCUT2D eigenvalue weighted by atomic mass is 10.2. The molecule has 1 aromatic carbocycles. The molecule has 4 rings (SSSR count). The van der Waals surface area contributed by atoms with Crippen LogP contribution in [0.3, 0.4) is 0 Å². The van der Waals surface area contributed by atoms with E-state index in [1.165, 1.54) is 16.5 Å². The van der Waals surface area contributed by atoms with Gasteiger partial charge < -0.3 is 8.98 Å². The van der Waals surface area contributed by atoms with Crippen LogP contribution in [0.15, 0.2) is 71.7 Å². The molecule has 108 valence electrons. The van der Waals surface area contributed by atoms with E-state index in [2.05, 4.69) is 48.0 Å². The van der Waals surface area contributed by atoms with Crippen LogP contribution in [0.25, 0.3) is 22.3 Å². The number of furan rings is 1. The fourth-order valence-corrected chi connectivity index (χ4v) is 2.81. The van der Waals surface area contributed by atoms with Crippen molar-refractivity contribution in [1.82, 2.24) is 9.55 Å². The monoisotopic (exact) mass is 288 g/mol. The first kappa shape index (κ1) is 12.9. The number of benzene rings is 1. The second kappa shape index (κ2) is 5.19. The Labute approximate surface area is 128 Å². The SMILES string of the molecule is Cc1cn(Cc2ccccc2)c2nc(-c3ccoc3)ccc12. The van der Waals surface area contributed by atoms with Crippen molar-refractivity contribution in [1.29, 1.82) is 0 Å². The third-order valence-corrected chi connectivity index (χ3v) is 3.93. The maximum Gasteiger partial charge on any atom is 0.141 e. The summed E-state index contributed by atoms with van der Waals surface area (Å²) in [4.78, 5) is 4.84. The molecule has 0 saturated carbocycles. The van der Waals surface area contributed by atoms with Gasteiger partial charge in [0.05, 0.1) is 18.2 Å². The molecule has 4 aromatic rings. The van der Waals surface area contributed by atoms with E-state index in [9.17, 15) is 0 Å². The lowest BCUT2D eigenvalue weighted by Crippen LogP contribution is -1.99. The Hall–Kier alpha value is -2.81. The average molecular weight is 288 g/mol. The third-order valence-electron chi connectivity index (χ3n) is 3.93. The van der Waals surface area contributed by atoms with Gasteiger partial charge in [0.15, 0.2) is 0 Å². The molecule has 3 heterocycles. The van der Waals surface area contributed by atoms with Gasteiger partial charge in [-0.2, -0.15) is 0 Å². The Kier molecular flexibility index (Phi) is 3.04. The van der Waals surface area contributed by atoms with Gasteiger partial charge in [-0.05, 0) is 36.2 Å². The normalized spacial score (nSPS) is 11.1. The minimum absolute atomic E-state index is 0.826. The molecule has 0 spiro atoms. The average Bonchev–Trinajstić information content (AvgIpc) is 3.18. The van der Waals surface area contributed by atoms with Crippen LogP contribution >= 0.6 is 0 Å². The Morgan fingerprint density at radius 2 is 1.91 bits per heavy atom. The van der Waals surface area contributed by atoms with Gasteiger partial charge >= 0.3 is 0 Å². The highest BCUT2D eigenvalue weighted by molar-refractivity contribution is 5.83. The van der Waals surface area contributed by atoms with E-state index < -0.39 is 0 Å². The first-order valence-corrected chi connectivity index (χ1v) is 7.34. The second-order valence-corrected chi connectivity index (χ2v) is 5.51. The molecular weight excluding hydrogens is 272 g/mol. The molecule has 3 nitrogen and oxygen atoms in total. The van der Waals surface area contributed by atoms with Crippen LogP contribution in [0, 0.1) is 6.92 Å². The van der Waals surface area contributed by atoms with Gasteiger partial charge in [-0.15, -0.1) is 0 Å². The number of hydrogen-bond acceptors (Lipinski definition) is 2. The summed E-state index contributed by atoms with van der Waals surface area (Å²) in [5.41, 5.74) is 5.48. The standard InChI is InChI=1S/C19H16N2O/c1-14-11-21(12-15-5-3-2-4-6-15)19-17(14)7-8-18(20-19)16-9-10-22-13-16/h2-11,13H,12H2,1H3. The zero-order valence-electron chi connectivity index (χ0n) is 12.4. The van der Waals surface area contributed by atoms with Gasteiger partial charge in [-0.25, -0.2) is 4.98 Å². The van der Waals surface area contributed by atoms with Gasteiger partial charge in [-0.1, -0.05) is 30.3 Å². The molecule has 22 heavy (non-hydrogen) atoms. The summed E-state index contributed by atoms with van der Waals surface area (Å²) in [6.07, 6.45) is 5.57. The number of fused-ring (bicyclic) bond motifs is 1. The maximum atomic E-state index is 5.17. The van der Waals surface area contributed by atoms with Crippen LogP contribution in [0.2, 0.25) is 0 Å². The van der Waals surface area contributed by atoms with Crippen LogP contribution in [-0.2, 0) is 6.54 Å². The lowest BCUT2D eigenvalue weighted by molar-refractivity contribution is 0.568. The van der Waals surface area contributed by atoms with Crippen molar-refractivity contribution in [2.45, 2.75) is 13.5 Å². The quantitative estimate of drug-likeness (QED) is 0.549. The summed E-state index contributed by atoms with van der Waals surface area (Å²) in [5, 5.41) is 1.20. The Bertz CT molecular complexity index is 905. The van der Waals surface area contributed by atoms with Crippen molar-refractivity contribution in [2.24, 2.45) is 0 Å². The molecule has 0 fully saturated rings. The smallest absolute Gasteiger partial charge is 0.141 e. The van der Waals surface area contributed by atoms with Crippen molar-refractivity contribution in [3.05, 3.63) is 78.4 Å². The molecule has 0 aliphatic rings. The molecule has 0 amide bonds. The zero-order chi connectivity index (χ0) is 14.9. The van der Waals surface area contributed by atoms with Crippen LogP contribution in [-0.4, -0.2) is 9.55 Å². The van der Waals surface area contributed by atoms with E-state index in [1.54, 1.807) is 12.5 Å². The fourth-order valence-electron chi connectivity index (χ4n) is 2.81. The van der Waals surface area contributed by atoms with Gasteiger partial charge in [0.2, 0.25) is 0 Å². The van der Waals surface area contributed by atoms with E-state index in [0.717, 1.165) is 23.4 Å². The highest BCUT2D eigenvalue weighted by atomic mass is 16.3. The van der Waals surface area contributed by atoms with Crippen molar-refractivity contribution in [3.63, 3.8) is 0 Å². The molecule has 0 atom stereocenters. The summed E-state index contributed by atoms with van der Waals surface area (Å²) in [7, 11) is 0. The molecule has 0 N–H and O–H groups in total. The van der Waals surface area contributed by atoms with Crippen LogP contribution in [0.4, 0.5) is 0 Å². The number of aromatic nitrogens is 2. The minimum atomic E-state index is 0.826.